The van der Waals surface area contributed by atoms with Gasteiger partial charge in [-0.05, 0) is 51.9 Å². The molecule has 0 aliphatic carbocycles. The van der Waals surface area contributed by atoms with Gasteiger partial charge in [0.05, 0.1) is 15.6 Å². The number of ether oxygens (including phenoxy) is 1. The molecule has 0 aromatic heterocycles. The van der Waals surface area contributed by atoms with Crippen molar-refractivity contribution in [3.63, 3.8) is 0 Å². The summed E-state index contributed by atoms with van der Waals surface area (Å²) in [6.07, 6.45) is 1.95. The van der Waals surface area contributed by atoms with Crippen molar-refractivity contribution >= 4 is 40.8 Å². The number of benzene rings is 1. The lowest BCUT2D eigenvalue weighted by molar-refractivity contribution is -0.0367. The molecule has 0 unspecified atom stereocenters. The van der Waals surface area contributed by atoms with Gasteiger partial charge in [-0.3, -0.25) is 0 Å². The summed E-state index contributed by atoms with van der Waals surface area (Å²) in [5.41, 5.74) is -0.393. The second-order valence-corrected chi connectivity index (χ2v) is 7.01. The molecule has 1 aromatic carbocycles. The Kier molecular flexibility index (Phi) is 5.42. The largest absolute Gasteiger partial charge is 0.456 e. The predicted molar refractivity (Wildman–Crippen MR) is 86.6 cm³/mol. The van der Waals surface area contributed by atoms with E-state index in [4.69, 9.17) is 39.5 Å². The SMILES string of the molecule is CC(C)(OC(=O)c1c(Cl)cc(Cl)cc1Cl)C1CCNCC1. The Labute approximate surface area is 139 Å². The summed E-state index contributed by atoms with van der Waals surface area (Å²) in [7, 11) is 0. The van der Waals surface area contributed by atoms with Crippen LogP contribution in [-0.2, 0) is 4.74 Å². The molecule has 0 saturated carbocycles. The van der Waals surface area contributed by atoms with Crippen LogP contribution < -0.4 is 5.32 Å². The van der Waals surface area contributed by atoms with E-state index in [-0.39, 0.29) is 15.6 Å². The molecular formula is C15H18Cl3NO2. The molecule has 0 spiro atoms. The number of hydrogen-bond acceptors (Lipinski definition) is 3. The van der Waals surface area contributed by atoms with Crippen molar-refractivity contribution in [2.75, 3.05) is 13.1 Å². The minimum Gasteiger partial charge on any atom is -0.456 e. The van der Waals surface area contributed by atoms with Crippen molar-refractivity contribution in [3.05, 3.63) is 32.8 Å². The molecule has 1 aromatic rings. The van der Waals surface area contributed by atoms with Crippen molar-refractivity contribution in [1.82, 2.24) is 5.32 Å². The minimum atomic E-state index is -0.564. The molecule has 2 rings (SSSR count). The van der Waals surface area contributed by atoms with Crippen molar-refractivity contribution in [2.24, 2.45) is 5.92 Å². The fourth-order valence-corrected chi connectivity index (χ4v) is 3.60. The first kappa shape index (κ1) is 16.9. The fourth-order valence-electron chi connectivity index (χ4n) is 2.63. The number of nitrogens with one attached hydrogen (secondary N) is 1. The number of hydrogen-bond donors (Lipinski definition) is 1. The molecule has 1 aliphatic heterocycles. The van der Waals surface area contributed by atoms with Crippen LogP contribution in [0.4, 0.5) is 0 Å². The average molecular weight is 351 g/mol. The van der Waals surface area contributed by atoms with Crippen LogP contribution in [0, 0.1) is 5.92 Å². The van der Waals surface area contributed by atoms with Gasteiger partial charge in [0.1, 0.15) is 5.60 Å². The average Bonchev–Trinajstić information content (AvgIpc) is 2.37. The van der Waals surface area contributed by atoms with Crippen LogP contribution in [0.3, 0.4) is 0 Å². The van der Waals surface area contributed by atoms with Gasteiger partial charge in [0, 0.05) is 10.9 Å². The molecule has 3 nitrogen and oxygen atoms in total. The molecular weight excluding hydrogens is 333 g/mol. The maximum atomic E-state index is 12.4. The lowest BCUT2D eigenvalue weighted by Crippen LogP contribution is -2.42. The van der Waals surface area contributed by atoms with Gasteiger partial charge in [0.15, 0.2) is 0 Å². The summed E-state index contributed by atoms with van der Waals surface area (Å²) in [5, 5.41) is 4.10. The van der Waals surface area contributed by atoms with E-state index in [0.717, 1.165) is 25.9 Å². The maximum absolute atomic E-state index is 12.4. The number of carbonyl (C=O) groups is 1. The molecule has 1 heterocycles. The van der Waals surface area contributed by atoms with Crippen LogP contribution in [-0.4, -0.2) is 24.7 Å². The molecule has 116 valence electrons. The predicted octanol–water partition coefficient (Wildman–Crippen LogP) is 4.58. The van der Waals surface area contributed by atoms with Gasteiger partial charge in [-0.25, -0.2) is 4.79 Å². The monoisotopic (exact) mass is 349 g/mol. The van der Waals surface area contributed by atoms with Gasteiger partial charge < -0.3 is 10.1 Å². The summed E-state index contributed by atoms with van der Waals surface area (Å²) in [5.74, 6) is -0.197. The second-order valence-electron chi connectivity index (χ2n) is 5.76. The van der Waals surface area contributed by atoms with Crippen LogP contribution in [0.15, 0.2) is 12.1 Å². The van der Waals surface area contributed by atoms with E-state index in [1.165, 1.54) is 12.1 Å². The van der Waals surface area contributed by atoms with E-state index in [0.29, 0.717) is 10.9 Å². The molecule has 1 N–H and O–H groups in total. The number of esters is 1. The first-order valence-electron chi connectivity index (χ1n) is 6.90. The third-order valence-corrected chi connectivity index (χ3v) is 4.70. The Morgan fingerprint density at radius 2 is 1.71 bits per heavy atom. The molecule has 21 heavy (non-hydrogen) atoms. The van der Waals surface area contributed by atoms with E-state index >= 15 is 0 Å². The standard InChI is InChI=1S/C15H18Cl3NO2/c1-15(2,9-3-5-19-6-4-9)21-14(20)13-11(17)7-10(16)8-12(13)18/h7-9,19H,3-6H2,1-2H3. The zero-order chi connectivity index (χ0) is 15.6. The molecule has 1 aliphatic rings. The van der Waals surface area contributed by atoms with E-state index < -0.39 is 11.6 Å². The Bertz CT molecular complexity index is 517. The molecule has 1 fully saturated rings. The third-order valence-electron chi connectivity index (χ3n) is 3.89. The van der Waals surface area contributed by atoms with Gasteiger partial charge in [-0.15, -0.1) is 0 Å². The van der Waals surface area contributed by atoms with Gasteiger partial charge >= 0.3 is 5.97 Å². The van der Waals surface area contributed by atoms with Gasteiger partial charge in [-0.2, -0.15) is 0 Å². The summed E-state index contributed by atoms with van der Waals surface area (Å²) >= 11 is 18.0. The Balaban J connectivity index is 2.17. The first-order valence-corrected chi connectivity index (χ1v) is 8.03. The fraction of sp³-hybridized carbons (Fsp3) is 0.533. The molecule has 0 bridgehead atoms. The maximum Gasteiger partial charge on any atom is 0.341 e. The number of carbonyl (C=O) groups excluding carboxylic acids is 1. The van der Waals surface area contributed by atoms with E-state index in [2.05, 4.69) is 5.32 Å². The number of halogens is 3. The van der Waals surface area contributed by atoms with Crippen LogP contribution in [0.1, 0.15) is 37.0 Å². The number of piperidine rings is 1. The molecule has 0 radical (unpaired) electrons. The van der Waals surface area contributed by atoms with Crippen molar-refractivity contribution < 1.29 is 9.53 Å². The smallest absolute Gasteiger partial charge is 0.341 e. The highest BCUT2D eigenvalue weighted by molar-refractivity contribution is 6.41. The molecule has 6 heteroatoms. The van der Waals surface area contributed by atoms with Gasteiger partial charge in [0.25, 0.3) is 0 Å². The summed E-state index contributed by atoms with van der Waals surface area (Å²) in [6.45, 7) is 5.74. The summed E-state index contributed by atoms with van der Waals surface area (Å²) < 4.78 is 5.69. The van der Waals surface area contributed by atoms with Crippen molar-refractivity contribution in [3.8, 4) is 0 Å². The Morgan fingerprint density at radius 3 is 2.24 bits per heavy atom. The van der Waals surface area contributed by atoms with Crippen molar-refractivity contribution in [1.29, 1.82) is 0 Å². The molecule has 1 saturated heterocycles. The zero-order valence-electron chi connectivity index (χ0n) is 12.0. The van der Waals surface area contributed by atoms with Crippen LogP contribution >= 0.6 is 34.8 Å². The highest BCUT2D eigenvalue weighted by Gasteiger charge is 2.35. The second kappa shape index (κ2) is 6.74. The molecule has 0 amide bonds. The quantitative estimate of drug-likeness (QED) is 0.811. The van der Waals surface area contributed by atoms with E-state index in [1.54, 1.807) is 0 Å². The topological polar surface area (TPSA) is 38.3 Å². The minimum absolute atomic E-state index is 0.171. The van der Waals surface area contributed by atoms with E-state index in [9.17, 15) is 4.79 Å². The summed E-state index contributed by atoms with van der Waals surface area (Å²) in [4.78, 5) is 12.4. The first-order chi connectivity index (χ1) is 9.81. The van der Waals surface area contributed by atoms with Crippen LogP contribution in [0.2, 0.25) is 15.1 Å². The van der Waals surface area contributed by atoms with Crippen LogP contribution in [0.25, 0.3) is 0 Å². The highest BCUT2D eigenvalue weighted by Crippen LogP contribution is 2.34. The Morgan fingerprint density at radius 1 is 1.19 bits per heavy atom. The van der Waals surface area contributed by atoms with Gasteiger partial charge in [0.2, 0.25) is 0 Å². The van der Waals surface area contributed by atoms with Gasteiger partial charge in [-0.1, -0.05) is 34.8 Å². The number of rotatable bonds is 3. The lowest BCUT2D eigenvalue weighted by atomic mass is 9.83. The Hall–Kier alpha value is -0.480. The lowest BCUT2D eigenvalue weighted by Gasteiger charge is -2.36. The zero-order valence-corrected chi connectivity index (χ0v) is 14.3. The summed E-state index contributed by atoms with van der Waals surface area (Å²) in [6, 6.07) is 2.98. The van der Waals surface area contributed by atoms with Crippen LogP contribution in [0.5, 0.6) is 0 Å². The molecule has 0 atom stereocenters. The normalized spacial score (nSPS) is 16.8. The van der Waals surface area contributed by atoms with Crippen molar-refractivity contribution in [2.45, 2.75) is 32.3 Å². The van der Waals surface area contributed by atoms with E-state index in [1.807, 2.05) is 13.8 Å². The third kappa shape index (κ3) is 4.04. The highest BCUT2D eigenvalue weighted by atomic mass is 35.5.